The maximum absolute atomic E-state index is 2.30. The minimum Gasteiger partial charge on any atom is -0.306 e. The standard InChI is InChI=1S/C9H21N/c1-6-9(7-2)8(3)10(4)5/h8-9H,6-7H2,1-5H3/t8-/m0/s1. The lowest BCUT2D eigenvalue weighted by atomic mass is 9.95. The van der Waals surface area contributed by atoms with Gasteiger partial charge in [-0.05, 0) is 26.9 Å². The fourth-order valence-corrected chi connectivity index (χ4v) is 1.39. The number of hydrogen-bond donors (Lipinski definition) is 0. The molecular formula is C9H21N. The van der Waals surface area contributed by atoms with E-state index in [1.54, 1.807) is 0 Å². The van der Waals surface area contributed by atoms with Gasteiger partial charge in [-0.1, -0.05) is 26.7 Å². The molecule has 0 saturated carbocycles. The monoisotopic (exact) mass is 143 g/mol. The molecule has 0 spiro atoms. The summed E-state index contributed by atoms with van der Waals surface area (Å²) in [5.74, 6) is 0.870. The van der Waals surface area contributed by atoms with Crippen LogP contribution in [0.15, 0.2) is 0 Å². The second-order valence-electron chi connectivity index (χ2n) is 3.28. The zero-order valence-electron chi connectivity index (χ0n) is 8.02. The maximum Gasteiger partial charge on any atom is 0.00888 e. The molecule has 1 nitrogen and oxygen atoms in total. The minimum atomic E-state index is 0.731. The van der Waals surface area contributed by atoms with Crippen molar-refractivity contribution in [1.82, 2.24) is 4.90 Å². The van der Waals surface area contributed by atoms with Crippen LogP contribution in [0.25, 0.3) is 0 Å². The molecular weight excluding hydrogens is 122 g/mol. The van der Waals surface area contributed by atoms with Gasteiger partial charge in [-0.2, -0.15) is 0 Å². The van der Waals surface area contributed by atoms with Gasteiger partial charge in [0.15, 0.2) is 0 Å². The molecule has 0 bridgehead atoms. The van der Waals surface area contributed by atoms with Crippen molar-refractivity contribution in [3.8, 4) is 0 Å². The van der Waals surface area contributed by atoms with E-state index in [9.17, 15) is 0 Å². The second kappa shape index (κ2) is 4.73. The summed E-state index contributed by atoms with van der Waals surface area (Å²) >= 11 is 0. The Hall–Kier alpha value is -0.0400. The summed E-state index contributed by atoms with van der Waals surface area (Å²) in [6.45, 7) is 6.85. The van der Waals surface area contributed by atoms with E-state index in [1.807, 2.05) is 0 Å². The van der Waals surface area contributed by atoms with E-state index in [1.165, 1.54) is 12.8 Å². The molecule has 62 valence electrons. The third-order valence-corrected chi connectivity index (χ3v) is 2.55. The van der Waals surface area contributed by atoms with E-state index in [4.69, 9.17) is 0 Å². The van der Waals surface area contributed by atoms with Crippen LogP contribution in [-0.2, 0) is 0 Å². The van der Waals surface area contributed by atoms with Crippen molar-refractivity contribution in [1.29, 1.82) is 0 Å². The van der Waals surface area contributed by atoms with Crippen molar-refractivity contribution in [2.24, 2.45) is 5.92 Å². The molecule has 0 aliphatic rings. The van der Waals surface area contributed by atoms with Gasteiger partial charge in [0.2, 0.25) is 0 Å². The Morgan fingerprint density at radius 3 is 1.60 bits per heavy atom. The summed E-state index contributed by atoms with van der Waals surface area (Å²) in [5, 5.41) is 0. The summed E-state index contributed by atoms with van der Waals surface area (Å²) in [6, 6.07) is 0.731. The predicted molar refractivity (Wildman–Crippen MR) is 47.2 cm³/mol. The smallest absolute Gasteiger partial charge is 0.00888 e. The van der Waals surface area contributed by atoms with Crippen LogP contribution in [0.2, 0.25) is 0 Å². The molecule has 0 saturated heterocycles. The molecule has 1 atom stereocenters. The highest BCUT2D eigenvalue weighted by molar-refractivity contribution is 4.68. The largest absolute Gasteiger partial charge is 0.306 e. The van der Waals surface area contributed by atoms with Gasteiger partial charge in [0.05, 0.1) is 0 Å². The zero-order valence-corrected chi connectivity index (χ0v) is 8.02. The topological polar surface area (TPSA) is 3.24 Å². The Morgan fingerprint density at radius 2 is 1.50 bits per heavy atom. The highest BCUT2D eigenvalue weighted by Gasteiger charge is 2.14. The van der Waals surface area contributed by atoms with Crippen molar-refractivity contribution in [2.75, 3.05) is 14.1 Å². The Bertz CT molecular complexity index is 74.8. The Labute approximate surface area is 65.4 Å². The summed E-state index contributed by atoms with van der Waals surface area (Å²) in [6.07, 6.45) is 2.60. The molecule has 0 aromatic heterocycles. The molecule has 0 aromatic carbocycles. The van der Waals surface area contributed by atoms with Crippen LogP contribution < -0.4 is 0 Å². The molecule has 0 unspecified atom stereocenters. The summed E-state index contributed by atoms with van der Waals surface area (Å²) in [5.41, 5.74) is 0. The quantitative estimate of drug-likeness (QED) is 0.584. The van der Waals surface area contributed by atoms with Crippen LogP contribution in [0.3, 0.4) is 0 Å². The third kappa shape index (κ3) is 2.70. The second-order valence-corrected chi connectivity index (χ2v) is 3.28. The van der Waals surface area contributed by atoms with Crippen molar-refractivity contribution < 1.29 is 0 Å². The Balaban J connectivity index is 3.76. The summed E-state index contributed by atoms with van der Waals surface area (Å²) in [7, 11) is 4.31. The molecule has 0 fully saturated rings. The van der Waals surface area contributed by atoms with Gasteiger partial charge in [0.25, 0.3) is 0 Å². The predicted octanol–water partition coefficient (Wildman–Crippen LogP) is 2.37. The maximum atomic E-state index is 2.30. The van der Waals surface area contributed by atoms with Gasteiger partial charge < -0.3 is 4.90 Å². The molecule has 0 N–H and O–H groups in total. The highest BCUT2D eigenvalue weighted by atomic mass is 15.1. The normalized spacial score (nSPS) is 14.7. The van der Waals surface area contributed by atoms with Gasteiger partial charge in [0.1, 0.15) is 0 Å². The van der Waals surface area contributed by atoms with E-state index in [-0.39, 0.29) is 0 Å². The van der Waals surface area contributed by atoms with Gasteiger partial charge in [-0.15, -0.1) is 0 Å². The Morgan fingerprint density at radius 1 is 1.10 bits per heavy atom. The van der Waals surface area contributed by atoms with Gasteiger partial charge in [0, 0.05) is 6.04 Å². The number of rotatable bonds is 4. The van der Waals surface area contributed by atoms with E-state index >= 15 is 0 Å². The van der Waals surface area contributed by atoms with E-state index in [0.29, 0.717) is 0 Å². The van der Waals surface area contributed by atoms with E-state index < -0.39 is 0 Å². The molecule has 0 aliphatic heterocycles. The van der Waals surface area contributed by atoms with Crippen LogP contribution in [0.4, 0.5) is 0 Å². The molecule has 0 amide bonds. The first-order valence-corrected chi connectivity index (χ1v) is 4.29. The fraction of sp³-hybridized carbons (Fsp3) is 1.00. The molecule has 0 aliphatic carbocycles. The summed E-state index contributed by atoms with van der Waals surface area (Å²) in [4.78, 5) is 2.30. The van der Waals surface area contributed by atoms with Gasteiger partial charge >= 0.3 is 0 Å². The van der Waals surface area contributed by atoms with Crippen molar-refractivity contribution in [2.45, 2.75) is 39.7 Å². The first kappa shape index (κ1) is 9.96. The lowest BCUT2D eigenvalue weighted by Crippen LogP contribution is -2.31. The average molecular weight is 143 g/mol. The van der Waals surface area contributed by atoms with Gasteiger partial charge in [-0.3, -0.25) is 0 Å². The first-order chi connectivity index (χ1) is 4.63. The number of nitrogens with zero attached hydrogens (tertiary/aromatic N) is 1. The molecule has 0 heterocycles. The van der Waals surface area contributed by atoms with Crippen molar-refractivity contribution >= 4 is 0 Å². The fourth-order valence-electron chi connectivity index (χ4n) is 1.39. The van der Waals surface area contributed by atoms with Crippen LogP contribution >= 0.6 is 0 Å². The van der Waals surface area contributed by atoms with E-state index in [0.717, 1.165) is 12.0 Å². The molecule has 0 rings (SSSR count). The van der Waals surface area contributed by atoms with Gasteiger partial charge in [-0.25, -0.2) is 0 Å². The third-order valence-electron chi connectivity index (χ3n) is 2.55. The Kier molecular flexibility index (Phi) is 4.71. The van der Waals surface area contributed by atoms with Crippen LogP contribution in [-0.4, -0.2) is 25.0 Å². The van der Waals surface area contributed by atoms with E-state index in [2.05, 4.69) is 39.8 Å². The van der Waals surface area contributed by atoms with Crippen molar-refractivity contribution in [3.63, 3.8) is 0 Å². The number of hydrogen-bond acceptors (Lipinski definition) is 1. The SMILES string of the molecule is CCC(CC)[C@H](C)N(C)C. The van der Waals surface area contributed by atoms with Crippen LogP contribution in [0, 0.1) is 5.92 Å². The molecule has 0 aromatic rings. The molecule has 1 heteroatoms. The van der Waals surface area contributed by atoms with Crippen LogP contribution in [0.5, 0.6) is 0 Å². The lowest BCUT2D eigenvalue weighted by Gasteiger charge is -2.27. The zero-order chi connectivity index (χ0) is 8.15. The first-order valence-electron chi connectivity index (χ1n) is 4.29. The highest BCUT2D eigenvalue weighted by Crippen LogP contribution is 2.15. The lowest BCUT2D eigenvalue weighted by molar-refractivity contribution is 0.217. The molecule has 10 heavy (non-hydrogen) atoms. The average Bonchev–Trinajstić information content (AvgIpc) is 1.90. The van der Waals surface area contributed by atoms with Crippen molar-refractivity contribution in [3.05, 3.63) is 0 Å². The van der Waals surface area contributed by atoms with Crippen LogP contribution in [0.1, 0.15) is 33.6 Å². The minimum absolute atomic E-state index is 0.731. The molecule has 0 radical (unpaired) electrons. The summed E-state index contributed by atoms with van der Waals surface area (Å²) < 4.78 is 0.